The van der Waals surface area contributed by atoms with Crippen molar-refractivity contribution in [1.82, 2.24) is 19.9 Å². The molecule has 1 fully saturated rings. The fraction of sp³-hybridized carbons (Fsp3) is 0.238. The van der Waals surface area contributed by atoms with Crippen LogP contribution >= 0.6 is 0 Å². The summed E-state index contributed by atoms with van der Waals surface area (Å²) in [4.78, 5) is 37.8. The molecule has 9 heteroatoms. The summed E-state index contributed by atoms with van der Waals surface area (Å²) in [6.07, 6.45) is 2.15. The number of benzene rings is 1. The maximum Gasteiger partial charge on any atom is 0.253 e. The van der Waals surface area contributed by atoms with Gasteiger partial charge in [0.1, 0.15) is 5.82 Å². The minimum absolute atomic E-state index is 0.0739. The summed E-state index contributed by atoms with van der Waals surface area (Å²) in [5, 5.41) is 0. The molecule has 1 N–H and O–H groups in total. The smallest absolute Gasteiger partial charge is 0.253 e. The lowest BCUT2D eigenvalue weighted by Crippen LogP contribution is -2.29. The third-order valence-corrected chi connectivity index (χ3v) is 5.03. The van der Waals surface area contributed by atoms with Crippen molar-refractivity contribution < 1.29 is 18.3 Å². The largest absolute Gasteiger partial charge is 0.481 e. The van der Waals surface area contributed by atoms with Gasteiger partial charge in [-0.25, -0.2) is 18.7 Å². The maximum absolute atomic E-state index is 13.5. The molecule has 1 amide bonds. The van der Waals surface area contributed by atoms with E-state index in [9.17, 15) is 18.4 Å². The van der Waals surface area contributed by atoms with Crippen LogP contribution in [0.3, 0.4) is 0 Å². The highest BCUT2D eigenvalue weighted by atomic mass is 19.2. The first-order valence-corrected chi connectivity index (χ1v) is 9.31. The summed E-state index contributed by atoms with van der Waals surface area (Å²) in [5.41, 5.74) is 0.750. The Morgan fingerprint density at radius 2 is 2.07 bits per heavy atom. The number of carbonyl (C=O) groups excluding carboxylic acids is 1. The van der Waals surface area contributed by atoms with Crippen LogP contribution in [0.2, 0.25) is 0 Å². The van der Waals surface area contributed by atoms with E-state index >= 15 is 0 Å². The normalized spacial score (nSPS) is 16.0. The average Bonchev–Trinajstić information content (AvgIpc) is 3.25. The number of aromatic amines is 1. The lowest BCUT2D eigenvalue weighted by atomic mass is 10.1. The predicted octanol–water partition coefficient (Wildman–Crippen LogP) is 2.75. The molecule has 3 heterocycles. The van der Waals surface area contributed by atoms with E-state index in [2.05, 4.69) is 15.0 Å². The van der Waals surface area contributed by atoms with Gasteiger partial charge in [-0.05, 0) is 36.8 Å². The van der Waals surface area contributed by atoms with Gasteiger partial charge in [-0.2, -0.15) is 0 Å². The Morgan fingerprint density at radius 3 is 2.83 bits per heavy atom. The minimum Gasteiger partial charge on any atom is -0.481 e. The lowest BCUT2D eigenvalue weighted by molar-refractivity contribution is 0.0790. The Labute approximate surface area is 170 Å². The number of hydrogen-bond acceptors (Lipinski definition) is 5. The van der Waals surface area contributed by atoms with Gasteiger partial charge in [0.15, 0.2) is 11.6 Å². The number of halogens is 2. The second-order valence-corrected chi connectivity index (χ2v) is 6.94. The highest BCUT2D eigenvalue weighted by molar-refractivity contribution is 5.94. The zero-order chi connectivity index (χ0) is 21.3. The van der Waals surface area contributed by atoms with E-state index in [4.69, 9.17) is 4.74 Å². The third kappa shape index (κ3) is 3.78. The molecule has 4 rings (SSSR count). The highest BCUT2D eigenvalue weighted by Crippen LogP contribution is 2.29. The van der Waals surface area contributed by atoms with Crippen LogP contribution in [0.15, 0.2) is 47.4 Å². The van der Waals surface area contributed by atoms with Crippen molar-refractivity contribution in [3.05, 3.63) is 76.0 Å². The molecule has 7 nitrogen and oxygen atoms in total. The van der Waals surface area contributed by atoms with E-state index in [0.717, 1.165) is 12.1 Å². The molecule has 30 heavy (non-hydrogen) atoms. The van der Waals surface area contributed by atoms with Crippen LogP contribution in [0.4, 0.5) is 8.78 Å². The van der Waals surface area contributed by atoms with E-state index < -0.39 is 17.5 Å². The number of carbonyl (C=O) groups is 1. The molecule has 0 aliphatic carbocycles. The molecule has 0 saturated carbocycles. The predicted molar refractivity (Wildman–Crippen MR) is 104 cm³/mol. The van der Waals surface area contributed by atoms with Crippen LogP contribution in [-0.4, -0.2) is 46.0 Å². The van der Waals surface area contributed by atoms with Crippen LogP contribution in [0.25, 0.3) is 11.3 Å². The van der Waals surface area contributed by atoms with Gasteiger partial charge in [0.2, 0.25) is 5.88 Å². The van der Waals surface area contributed by atoms with E-state index in [1.54, 1.807) is 18.3 Å². The summed E-state index contributed by atoms with van der Waals surface area (Å²) in [6, 6.07) is 7.91. The second kappa shape index (κ2) is 8.02. The number of pyridine rings is 1. The van der Waals surface area contributed by atoms with Gasteiger partial charge in [0, 0.05) is 36.8 Å². The topological polar surface area (TPSA) is 88.2 Å². The molecule has 1 aliphatic heterocycles. The minimum atomic E-state index is -1.07. The number of ether oxygens (including phenoxy) is 1. The van der Waals surface area contributed by atoms with Crippen molar-refractivity contribution in [1.29, 1.82) is 0 Å². The second-order valence-electron chi connectivity index (χ2n) is 6.94. The Hall–Kier alpha value is -3.62. The number of aromatic nitrogens is 3. The van der Waals surface area contributed by atoms with Crippen LogP contribution in [0.5, 0.6) is 5.88 Å². The number of amides is 1. The zero-order valence-electron chi connectivity index (χ0n) is 16.1. The summed E-state index contributed by atoms with van der Waals surface area (Å²) < 4.78 is 31.9. The molecule has 1 aliphatic rings. The van der Waals surface area contributed by atoms with Crippen LogP contribution < -0.4 is 10.3 Å². The zero-order valence-corrected chi connectivity index (χ0v) is 16.1. The molecule has 0 spiro atoms. The SMILES string of the molecule is COc1ncccc1-c1cc(=O)[nH]c(C2CCN(C(=O)c3ccc(F)c(F)c3)C2)n1. The van der Waals surface area contributed by atoms with Gasteiger partial charge in [0.25, 0.3) is 11.5 Å². The molecule has 0 bridgehead atoms. The molecule has 1 unspecified atom stereocenters. The molecule has 154 valence electrons. The van der Waals surface area contributed by atoms with Crippen molar-refractivity contribution in [3.8, 4) is 17.1 Å². The van der Waals surface area contributed by atoms with Gasteiger partial charge < -0.3 is 14.6 Å². The first-order valence-electron chi connectivity index (χ1n) is 9.31. The molecular formula is C21H18F2N4O3. The van der Waals surface area contributed by atoms with Crippen LogP contribution in [0, 0.1) is 11.6 Å². The van der Waals surface area contributed by atoms with Crippen molar-refractivity contribution in [2.45, 2.75) is 12.3 Å². The number of nitrogens with one attached hydrogen (secondary N) is 1. The highest BCUT2D eigenvalue weighted by Gasteiger charge is 2.30. The Balaban J connectivity index is 1.58. The average molecular weight is 412 g/mol. The van der Waals surface area contributed by atoms with E-state index in [0.29, 0.717) is 42.5 Å². The van der Waals surface area contributed by atoms with Crippen LogP contribution in [0.1, 0.15) is 28.5 Å². The Kier molecular flexibility index (Phi) is 5.26. The van der Waals surface area contributed by atoms with Gasteiger partial charge in [-0.15, -0.1) is 0 Å². The summed E-state index contributed by atoms with van der Waals surface area (Å²) in [5.74, 6) is -1.87. The number of hydrogen-bond donors (Lipinski definition) is 1. The lowest BCUT2D eigenvalue weighted by Gasteiger charge is -2.17. The molecule has 0 radical (unpaired) electrons. The molecule has 1 saturated heterocycles. The van der Waals surface area contributed by atoms with Gasteiger partial charge >= 0.3 is 0 Å². The number of rotatable bonds is 4. The summed E-state index contributed by atoms with van der Waals surface area (Å²) >= 11 is 0. The maximum atomic E-state index is 13.5. The van der Waals surface area contributed by atoms with Crippen LogP contribution in [-0.2, 0) is 0 Å². The number of methoxy groups -OCH3 is 1. The number of H-pyrrole nitrogens is 1. The quantitative estimate of drug-likeness (QED) is 0.712. The molecule has 1 aromatic carbocycles. The molecular weight excluding hydrogens is 394 g/mol. The summed E-state index contributed by atoms with van der Waals surface area (Å²) in [7, 11) is 1.48. The fourth-order valence-electron chi connectivity index (χ4n) is 3.54. The van der Waals surface area contributed by atoms with Crippen molar-refractivity contribution >= 4 is 5.91 Å². The number of likely N-dealkylation sites (tertiary alicyclic amines) is 1. The van der Waals surface area contributed by atoms with Crippen molar-refractivity contribution in [2.24, 2.45) is 0 Å². The van der Waals surface area contributed by atoms with Crippen molar-refractivity contribution in [2.75, 3.05) is 20.2 Å². The first kappa shape index (κ1) is 19.7. The first-order chi connectivity index (χ1) is 14.5. The van der Waals surface area contributed by atoms with Gasteiger partial charge in [-0.1, -0.05) is 0 Å². The molecule has 1 atom stereocenters. The standard InChI is InChI=1S/C21H18F2N4O3/c1-30-20-14(3-2-7-24-20)17-10-18(28)26-19(25-17)13-6-8-27(11-13)21(29)12-4-5-15(22)16(23)9-12/h2-5,7,9-10,13H,6,8,11H2,1H3,(H,25,26,28). The monoisotopic (exact) mass is 412 g/mol. The van der Waals surface area contributed by atoms with Gasteiger partial charge in [-0.3, -0.25) is 9.59 Å². The molecule has 2 aromatic heterocycles. The fourth-order valence-corrected chi connectivity index (χ4v) is 3.54. The van der Waals surface area contributed by atoms with E-state index in [-0.39, 0.29) is 17.0 Å². The third-order valence-electron chi connectivity index (χ3n) is 5.03. The van der Waals surface area contributed by atoms with E-state index in [1.807, 2.05) is 0 Å². The number of nitrogens with zero attached hydrogens (tertiary/aromatic N) is 3. The van der Waals surface area contributed by atoms with E-state index in [1.165, 1.54) is 24.1 Å². The summed E-state index contributed by atoms with van der Waals surface area (Å²) in [6.45, 7) is 0.709. The van der Waals surface area contributed by atoms with Crippen molar-refractivity contribution in [3.63, 3.8) is 0 Å². The van der Waals surface area contributed by atoms with Gasteiger partial charge in [0.05, 0.1) is 18.4 Å². The molecule has 3 aromatic rings. The Bertz CT molecular complexity index is 1160. The Morgan fingerprint density at radius 1 is 1.23 bits per heavy atom.